The van der Waals surface area contributed by atoms with Gasteiger partial charge in [-0.05, 0) is 12.1 Å². The summed E-state index contributed by atoms with van der Waals surface area (Å²) in [5, 5.41) is 0. The molecular weight excluding hydrogens is 361 g/mol. The van der Waals surface area contributed by atoms with Gasteiger partial charge in [-0.3, -0.25) is 4.57 Å². The molecule has 0 unspecified atom stereocenters. The molecule has 0 bridgehead atoms. The molecule has 3 aromatic rings. The molecule has 0 aliphatic rings. The Kier molecular flexibility index (Phi) is 4.61. The molecule has 9 heteroatoms. The van der Waals surface area contributed by atoms with Gasteiger partial charge in [0.25, 0.3) is 0 Å². The molecule has 0 aliphatic carbocycles. The minimum absolute atomic E-state index is 0.129. The van der Waals surface area contributed by atoms with Crippen molar-refractivity contribution in [2.75, 3.05) is 7.11 Å². The highest BCUT2D eigenvalue weighted by atomic mass is 28.3. The van der Waals surface area contributed by atoms with Crippen molar-refractivity contribution in [1.29, 1.82) is 0 Å². The average molecular weight is 380 g/mol. The van der Waals surface area contributed by atoms with Crippen LogP contribution in [0.5, 0.6) is 0 Å². The zero-order valence-corrected chi connectivity index (χ0v) is 15.9. The van der Waals surface area contributed by atoms with Gasteiger partial charge in [0, 0.05) is 12.7 Å². The van der Waals surface area contributed by atoms with Crippen molar-refractivity contribution in [3.05, 3.63) is 36.0 Å². The zero-order valence-electron chi connectivity index (χ0n) is 14.9. The minimum Gasteiger partial charge on any atom is -0.364 e. The highest BCUT2D eigenvalue weighted by Gasteiger charge is 2.31. The Balaban J connectivity index is 2.22. The number of imidazole rings is 1. The SMILES string of the molecule is COCn1c(-c2cccc(C(F)(F)F)c2)nc2cnc([Si](C)(C)C)nc21. The second-order valence-corrected chi connectivity index (χ2v) is 12.0. The second kappa shape index (κ2) is 6.47. The molecule has 26 heavy (non-hydrogen) atoms. The molecule has 0 saturated carbocycles. The van der Waals surface area contributed by atoms with Crippen LogP contribution < -0.4 is 5.45 Å². The summed E-state index contributed by atoms with van der Waals surface area (Å²) in [5.41, 5.74) is 1.48. The maximum atomic E-state index is 13.1. The van der Waals surface area contributed by atoms with E-state index < -0.39 is 19.8 Å². The average Bonchev–Trinajstić information content (AvgIpc) is 2.92. The van der Waals surface area contributed by atoms with Crippen molar-refractivity contribution in [2.24, 2.45) is 0 Å². The summed E-state index contributed by atoms with van der Waals surface area (Å²) < 4.78 is 46.1. The fourth-order valence-corrected chi connectivity index (χ4v) is 3.48. The third-order valence-corrected chi connectivity index (χ3v) is 5.45. The summed E-state index contributed by atoms with van der Waals surface area (Å²) in [7, 11) is -0.237. The second-order valence-electron chi connectivity index (χ2n) is 7.01. The van der Waals surface area contributed by atoms with Crippen molar-refractivity contribution >= 4 is 24.7 Å². The van der Waals surface area contributed by atoms with E-state index in [0.717, 1.165) is 17.6 Å². The van der Waals surface area contributed by atoms with E-state index in [-0.39, 0.29) is 6.73 Å². The van der Waals surface area contributed by atoms with Crippen LogP contribution in [0.1, 0.15) is 5.56 Å². The van der Waals surface area contributed by atoms with Gasteiger partial charge in [-0.25, -0.2) is 15.0 Å². The fraction of sp³-hybridized carbons (Fsp3) is 0.353. The van der Waals surface area contributed by atoms with Gasteiger partial charge >= 0.3 is 6.18 Å². The zero-order chi connectivity index (χ0) is 19.1. The molecule has 3 rings (SSSR count). The van der Waals surface area contributed by atoms with Crippen molar-refractivity contribution in [1.82, 2.24) is 19.5 Å². The van der Waals surface area contributed by atoms with Crippen LogP contribution in [0, 0.1) is 0 Å². The smallest absolute Gasteiger partial charge is 0.364 e. The molecule has 0 spiro atoms. The molecule has 0 atom stereocenters. The lowest BCUT2D eigenvalue weighted by molar-refractivity contribution is -0.137. The van der Waals surface area contributed by atoms with E-state index in [1.54, 1.807) is 16.8 Å². The maximum Gasteiger partial charge on any atom is 0.416 e. The summed E-state index contributed by atoms with van der Waals surface area (Å²) in [5.74, 6) is 0.370. The highest BCUT2D eigenvalue weighted by Crippen LogP contribution is 2.32. The molecule has 1 aromatic carbocycles. The molecule has 0 fully saturated rings. The van der Waals surface area contributed by atoms with Crippen molar-refractivity contribution in [3.8, 4) is 11.4 Å². The molecule has 0 radical (unpaired) electrons. The van der Waals surface area contributed by atoms with Crippen LogP contribution in [0.15, 0.2) is 30.5 Å². The summed E-state index contributed by atoms with van der Waals surface area (Å²) in [6.45, 7) is 6.50. The molecule has 0 aliphatic heterocycles. The van der Waals surface area contributed by atoms with E-state index in [4.69, 9.17) is 4.74 Å². The van der Waals surface area contributed by atoms with E-state index in [2.05, 4.69) is 34.6 Å². The summed E-state index contributed by atoms with van der Waals surface area (Å²) in [6, 6.07) is 5.08. The Morgan fingerprint density at radius 1 is 1.15 bits per heavy atom. The van der Waals surface area contributed by atoms with Gasteiger partial charge in [-0.15, -0.1) is 0 Å². The Labute approximate surface area is 149 Å². The molecule has 2 heterocycles. The molecule has 138 valence electrons. The van der Waals surface area contributed by atoms with E-state index in [1.165, 1.54) is 13.2 Å². The molecule has 0 N–H and O–H groups in total. The first-order valence-electron chi connectivity index (χ1n) is 8.01. The molecule has 2 aromatic heterocycles. The first kappa shape index (κ1) is 18.5. The van der Waals surface area contributed by atoms with Gasteiger partial charge in [-0.1, -0.05) is 31.8 Å². The summed E-state index contributed by atoms with van der Waals surface area (Å²) in [4.78, 5) is 13.5. The predicted octanol–water partition coefficient (Wildman–Crippen LogP) is 3.66. The lowest BCUT2D eigenvalue weighted by Crippen LogP contribution is -2.42. The van der Waals surface area contributed by atoms with Crippen LogP contribution in [0.2, 0.25) is 19.6 Å². The normalized spacial score (nSPS) is 12.7. The van der Waals surface area contributed by atoms with Crippen LogP contribution in [-0.4, -0.2) is 34.7 Å². The molecule has 5 nitrogen and oxygen atoms in total. The quantitative estimate of drug-likeness (QED) is 0.648. The lowest BCUT2D eigenvalue weighted by Gasteiger charge is -2.14. The number of ether oxygens (including phenoxy) is 1. The van der Waals surface area contributed by atoms with Crippen LogP contribution >= 0.6 is 0 Å². The Morgan fingerprint density at radius 3 is 2.50 bits per heavy atom. The van der Waals surface area contributed by atoms with Gasteiger partial charge < -0.3 is 4.74 Å². The summed E-state index contributed by atoms with van der Waals surface area (Å²) in [6.07, 6.45) is -2.79. The van der Waals surface area contributed by atoms with Crippen LogP contribution in [0.4, 0.5) is 13.2 Å². The van der Waals surface area contributed by atoms with Crippen LogP contribution in [0.3, 0.4) is 0 Å². The van der Waals surface area contributed by atoms with E-state index in [0.29, 0.717) is 22.6 Å². The van der Waals surface area contributed by atoms with Crippen molar-refractivity contribution < 1.29 is 17.9 Å². The van der Waals surface area contributed by atoms with Crippen LogP contribution in [-0.2, 0) is 17.6 Å². The number of aromatic nitrogens is 4. The predicted molar refractivity (Wildman–Crippen MR) is 95.8 cm³/mol. The maximum absolute atomic E-state index is 13.1. The number of alkyl halides is 3. The highest BCUT2D eigenvalue weighted by molar-refractivity contribution is 6.87. The van der Waals surface area contributed by atoms with Crippen molar-refractivity contribution in [2.45, 2.75) is 32.5 Å². The number of fused-ring (bicyclic) bond motifs is 1. The molecule has 0 saturated heterocycles. The van der Waals surface area contributed by atoms with E-state index in [9.17, 15) is 13.2 Å². The number of benzene rings is 1. The first-order valence-corrected chi connectivity index (χ1v) is 11.5. The van der Waals surface area contributed by atoms with Gasteiger partial charge in [0.05, 0.1) is 11.8 Å². The Hall–Kier alpha value is -2.26. The summed E-state index contributed by atoms with van der Waals surface area (Å²) >= 11 is 0. The van der Waals surface area contributed by atoms with E-state index >= 15 is 0 Å². The third kappa shape index (κ3) is 3.49. The monoisotopic (exact) mass is 380 g/mol. The largest absolute Gasteiger partial charge is 0.416 e. The number of hydrogen-bond donors (Lipinski definition) is 0. The molecule has 0 amide bonds. The standard InChI is InChI=1S/C17H19F3N4OSi/c1-25-10-24-14(11-6-5-7-12(8-11)17(18,19)20)22-13-9-21-16(23-15(13)24)26(2,3)4/h5-9H,10H2,1-4H3. The number of methoxy groups -OCH3 is 1. The van der Waals surface area contributed by atoms with Crippen LogP contribution in [0.25, 0.3) is 22.6 Å². The number of hydrogen-bond acceptors (Lipinski definition) is 4. The fourth-order valence-electron chi connectivity index (χ4n) is 2.59. The minimum atomic E-state index is -4.42. The van der Waals surface area contributed by atoms with E-state index in [1.807, 2.05) is 0 Å². The Morgan fingerprint density at radius 2 is 1.88 bits per heavy atom. The number of halogens is 3. The third-order valence-electron chi connectivity index (χ3n) is 3.86. The first-order chi connectivity index (χ1) is 12.1. The van der Waals surface area contributed by atoms with Gasteiger partial charge in [0.2, 0.25) is 0 Å². The van der Waals surface area contributed by atoms with Gasteiger partial charge in [0.1, 0.15) is 31.6 Å². The topological polar surface area (TPSA) is 52.8 Å². The number of nitrogens with zero attached hydrogens (tertiary/aromatic N) is 4. The Bertz CT molecular complexity index is 947. The van der Waals surface area contributed by atoms with Gasteiger partial charge in [0.15, 0.2) is 5.65 Å². The van der Waals surface area contributed by atoms with Gasteiger partial charge in [-0.2, -0.15) is 13.2 Å². The number of rotatable bonds is 4. The van der Waals surface area contributed by atoms with Crippen molar-refractivity contribution in [3.63, 3.8) is 0 Å². The molecular formula is C17H19F3N4OSi. The lowest BCUT2D eigenvalue weighted by atomic mass is 10.1.